The standard InChI is InChI=1S/C17H21NO/c1-18-17(14-8-5-11-19-12-14)16-10-4-7-13-6-2-3-9-15(13)16/h2-4,6-7,9-10,14,17-18H,5,8,11-12H2,1H3. The minimum Gasteiger partial charge on any atom is -0.381 e. The topological polar surface area (TPSA) is 21.3 Å². The first-order chi connectivity index (χ1) is 9.40. The van der Waals surface area contributed by atoms with Gasteiger partial charge in [-0.25, -0.2) is 0 Å². The zero-order valence-corrected chi connectivity index (χ0v) is 11.4. The number of benzene rings is 2. The Morgan fingerprint density at radius 1 is 1.16 bits per heavy atom. The molecule has 2 atom stereocenters. The van der Waals surface area contributed by atoms with Crippen LogP contribution in [-0.2, 0) is 4.74 Å². The quantitative estimate of drug-likeness (QED) is 0.906. The second-order valence-electron chi connectivity index (χ2n) is 5.31. The first-order valence-electron chi connectivity index (χ1n) is 7.13. The molecule has 1 saturated heterocycles. The van der Waals surface area contributed by atoms with Crippen LogP contribution in [0.1, 0.15) is 24.4 Å². The van der Waals surface area contributed by atoms with E-state index in [1.165, 1.54) is 29.2 Å². The molecule has 0 spiro atoms. The van der Waals surface area contributed by atoms with Crippen molar-refractivity contribution >= 4 is 10.8 Å². The number of hydrogen-bond acceptors (Lipinski definition) is 2. The van der Waals surface area contributed by atoms with Crippen LogP contribution < -0.4 is 5.32 Å². The average molecular weight is 255 g/mol. The molecule has 2 aromatic rings. The second-order valence-corrected chi connectivity index (χ2v) is 5.31. The fraction of sp³-hybridized carbons (Fsp3) is 0.412. The summed E-state index contributed by atoms with van der Waals surface area (Å²) in [4.78, 5) is 0. The summed E-state index contributed by atoms with van der Waals surface area (Å²) in [6.45, 7) is 1.79. The molecule has 2 nitrogen and oxygen atoms in total. The van der Waals surface area contributed by atoms with E-state index in [1.54, 1.807) is 0 Å². The fourth-order valence-electron chi connectivity index (χ4n) is 3.20. The van der Waals surface area contributed by atoms with Crippen LogP contribution in [0.2, 0.25) is 0 Å². The van der Waals surface area contributed by atoms with E-state index in [1.807, 2.05) is 0 Å². The lowest BCUT2D eigenvalue weighted by atomic mass is 9.86. The molecule has 1 aliphatic rings. The van der Waals surface area contributed by atoms with Crippen molar-refractivity contribution in [3.8, 4) is 0 Å². The number of hydrogen-bond donors (Lipinski definition) is 1. The molecule has 0 aliphatic carbocycles. The normalized spacial score (nSPS) is 21.4. The maximum atomic E-state index is 5.66. The third-order valence-corrected chi connectivity index (χ3v) is 4.14. The van der Waals surface area contributed by atoms with Gasteiger partial charge in [-0.15, -0.1) is 0 Å². The summed E-state index contributed by atoms with van der Waals surface area (Å²) in [7, 11) is 2.06. The van der Waals surface area contributed by atoms with Crippen LogP contribution in [-0.4, -0.2) is 20.3 Å². The molecule has 1 aliphatic heterocycles. The number of nitrogens with one attached hydrogen (secondary N) is 1. The van der Waals surface area contributed by atoms with Gasteiger partial charge in [0, 0.05) is 18.6 Å². The van der Waals surface area contributed by atoms with Gasteiger partial charge in [0.05, 0.1) is 6.61 Å². The van der Waals surface area contributed by atoms with Gasteiger partial charge in [0.2, 0.25) is 0 Å². The molecule has 1 heterocycles. The van der Waals surface area contributed by atoms with Crippen molar-refractivity contribution in [2.45, 2.75) is 18.9 Å². The molecule has 0 aromatic heterocycles. The highest BCUT2D eigenvalue weighted by Gasteiger charge is 2.25. The van der Waals surface area contributed by atoms with E-state index in [2.05, 4.69) is 54.8 Å². The summed E-state index contributed by atoms with van der Waals surface area (Å²) in [6.07, 6.45) is 2.42. The minimum atomic E-state index is 0.381. The Bertz CT molecular complexity index is 540. The van der Waals surface area contributed by atoms with Gasteiger partial charge in [0.15, 0.2) is 0 Å². The van der Waals surface area contributed by atoms with Crippen molar-refractivity contribution < 1.29 is 4.74 Å². The molecule has 0 amide bonds. The summed E-state index contributed by atoms with van der Waals surface area (Å²) >= 11 is 0. The average Bonchev–Trinajstić information content (AvgIpc) is 2.49. The van der Waals surface area contributed by atoms with E-state index < -0.39 is 0 Å². The van der Waals surface area contributed by atoms with Crippen molar-refractivity contribution in [1.82, 2.24) is 5.32 Å². The van der Waals surface area contributed by atoms with Gasteiger partial charge >= 0.3 is 0 Å². The summed E-state index contributed by atoms with van der Waals surface area (Å²) < 4.78 is 5.66. The highest BCUT2D eigenvalue weighted by Crippen LogP contribution is 2.32. The van der Waals surface area contributed by atoms with Crippen LogP contribution in [0.25, 0.3) is 10.8 Å². The lowest BCUT2D eigenvalue weighted by molar-refractivity contribution is 0.0404. The molecule has 1 fully saturated rings. The molecule has 0 radical (unpaired) electrons. The Kier molecular flexibility index (Phi) is 3.81. The molecule has 2 heteroatoms. The Morgan fingerprint density at radius 2 is 2.00 bits per heavy atom. The third kappa shape index (κ3) is 2.51. The van der Waals surface area contributed by atoms with Gasteiger partial charge in [-0.2, -0.15) is 0 Å². The summed E-state index contributed by atoms with van der Waals surface area (Å²) in [5.41, 5.74) is 1.40. The van der Waals surface area contributed by atoms with Crippen molar-refractivity contribution in [3.05, 3.63) is 48.0 Å². The van der Waals surface area contributed by atoms with Gasteiger partial charge in [-0.1, -0.05) is 42.5 Å². The lowest BCUT2D eigenvalue weighted by Crippen LogP contribution is -2.31. The Balaban J connectivity index is 2.00. The number of rotatable bonds is 3. The molecular weight excluding hydrogens is 234 g/mol. The highest BCUT2D eigenvalue weighted by atomic mass is 16.5. The predicted octanol–water partition coefficient (Wildman–Crippen LogP) is 3.53. The molecule has 2 unspecified atom stereocenters. The van der Waals surface area contributed by atoms with E-state index in [-0.39, 0.29) is 0 Å². The van der Waals surface area contributed by atoms with Crippen LogP contribution in [0, 0.1) is 5.92 Å². The first kappa shape index (κ1) is 12.6. The summed E-state index contributed by atoms with van der Waals surface area (Å²) in [5.74, 6) is 0.574. The van der Waals surface area contributed by atoms with Crippen molar-refractivity contribution in [1.29, 1.82) is 0 Å². The van der Waals surface area contributed by atoms with E-state index in [0.717, 1.165) is 13.2 Å². The maximum absolute atomic E-state index is 5.66. The minimum absolute atomic E-state index is 0.381. The second kappa shape index (κ2) is 5.72. The highest BCUT2D eigenvalue weighted by molar-refractivity contribution is 5.86. The molecule has 3 rings (SSSR count). The Hall–Kier alpha value is -1.38. The van der Waals surface area contributed by atoms with Gasteiger partial charge < -0.3 is 10.1 Å². The smallest absolute Gasteiger partial charge is 0.0512 e. The van der Waals surface area contributed by atoms with E-state index in [0.29, 0.717) is 12.0 Å². The lowest BCUT2D eigenvalue weighted by Gasteiger charge is -2.31. The summed E-state index contributed by atoms with van der Waals surface area (Å²) in [5, 5.41) is 6.17. The van der Waals surface area contributed by atoms with Crippen LogP contribution in [0.4, 0.5) is 0 Å². The van der Waals surface area contributed by atoms with Crippen LogP contribution in [0.15, 0.2) is 42.5 Å². The molecule has 19 heavy (non-hydrogen) atoms. The fourth-order valence-corrected chi connectivity index (χ4v) is 3.20. The molecule has 2 aromatic carbocycles. The van der Waals surface area contributed by atoms with Gasteiger partial charge in [-0.3, -0.25) is 0 Å². The van der Waals surface area contributed by atoms with E-state index in [9.17, 15) is 0 Å². The van der Waals surface area contributed by atoms with E-state index in [4.69, 9.17) is 4.74 Å². The van der Waals surface area contributed by atoms with Crippen molar-refractivity contribution in [2.75, 3.05) is 20.3 Å². The number of fused-ring (bicyclic) bond motifs is 1. The van der Waals surface area contributed by atoms with Gasteiger partial charge in [0.25, 0.3) is 0 Å². The van der Waals surface area contributed by atoms with Gasteiger partial charge in [-0.05, 0) is 36.2 Å². The predicted molar refractivity (Wildman–Crippen MR) is 79.3 cm³/mol. The molecule has 0 bridgehead atoms. The molecule has 0 saturated carbocycles. The third-order valence-electron chi connectivity index (χ3n) is 4.14. The molecule has 100 valence electrons. The summed E-state index contributed by atoms with van der Waals surface area (Å²) in [6, 6.07) is 15.6. The largest absolute Gasteiger partial charge is 0.381 e. The van der Waals surface area contributed by atoms with E-state index >= 15 is 0 Å². The zero-order valence-electron chi connectivity index (χ0n) is 11.4. The van der Waals surface area contributed by atoms with Gasteiger partial charge in [0.1, 0.15) is 0 Å². The van der Waals surface area contributed by atoms with Crippen LogP contribution >= 0.6 is 0 Å². The SMILES string of the molecule is CNC(c1cccc2ccccc12)C1CCCOC1. The van der Waals surface area contributed by atoms with Crippen LogP contribution in [0.3, 0.4) is 0 Å². The number of ether oxygens (including phenoxy) is 1. The Labute approximate surface area is 114 Å². The maximum Gasteiger partial charge on any atom is 0.0512 e. The Morgan fingerprint density at radius 3 is 2.79 bits per heavy atom. The molecular formula is C17H21NO. The van der Waals surface area contributed by atoms with Crippen LogP contribution in [0.5, 0.6) is 0 Å². The first-order valence-corrected chi connectivity index (χ1v) is 7.13. The monoisotopic (exact) mass is 255 g/mol. The van der Waals surface area contributed by atoms with Crippen molar-refractivity contribution in [3.63, 3.8) is 0 Å². The van der Waals surface area contributed by atoms with Crippen molar-refractivity contribution in [2.24, 2.45) is 5.92 Å². The molecule has 1 N–H and O–H groups in total. The zero-order chi connectivity index (χ0) is 13.1.